The molecule has 168 valence electrons. The fraction of sp³-hybridized carbons (Fsp3) is 0.400. The molecule has 32 heavy (non-hydrogen) atoms. The van der Waals surface area contributed by atoms with Gasteiger partial charge in [-0.2, -0.15) is 0 Å². The molecule has 3 aromatic rings. The van der Waals surface area contributed by atoms with Crippen molar-refractivity contribution in [3.8, 4) is 10.6 Å². The van der Waals surface area contributed by atoms with Crippen molar-refractivity contribution in [1.29, 1.82) is 0 Å². The van der Waals surface area contributed by atoms with Crippen molar-refractivity contribution in [1.82, 2.24) is 15.2 Å². The number of hydrogen-bond donors (Lipinski definition) is 1. The second-order valence-corrected chi connectivity index (χ2v) is 10.4. The molecular formula is C25H29N3O2S2. The highest BCUT2D eigenvalue weighted by molar-refractivity contribution is 7.17. The molecule has 3 heterocycles. The number of amides is 2. The predicted molar refractivity (Wildman–Crippen MR) is 131 cm³/mol. The zero-order chi connectivity index (χ0) is 22.5. The van der Waals surface area contributed by atoms with Gasteiger partial charge in [-0.15, -0.1) is 22.7 Å². The number of benzene rings is 1. The lowest BCUT2D eigenvalue weighted by Crippen LogP contribution is -2.39. The molecule has 0 bridgehead atoms. The van der Waals surface area contributed by atoms with Gasteiger partial charge in [0.2, 0.25) is 5.91 Å². The molecule has 0 saturated carbocycles. The number of nitrogens with one attached hydrogen (secondary N) is 1. The van der Waals surface area contributed by atoms with E-state index in [0.717, 1.165) is 40.4 Å². The number of thiophene rings is 1. The first-order valence-electron chi connectivity index (χ1n) is 11.1. The number of likely N-dealkylation sites (tertiary alicyclic amines) is 1. The van der Waals surface area contributed by atoms with Crippen molar-refractivity contribution in [2.24, 2.45) is 5.92 Å². The third kappa shape index (κ3) is 5.64. The molecule has 0 unspecified atom stereocenters. The summed E-state index contributed by atoms with van der Waals surface area (Å²) in [7, 11) is 0. The third-order valence-corrected chi connectivity index (χ3v) is 8.07. The maximum atomic E-state index is 13.1. The van der Waals surface area contributed by atoms with E-state index < -0.39 is 0 Å². The molecule has 2 amide bonds. The molecule has 2 aromatic heterocycles. The Balaban J connectivity index is 1.26. The van der Waals surface area contributed by atoms with Gasteiger partial charge in [0.05, 0.1) is 5.69 Å². The first-order valence-corrected chi connectivity index (χ1v) is 12.8. The van der Waals surface area contributed by atoms with Gasteiger partial charge in [-0.3, -0.25) is 9.59 Å². The van der Waals surface area contributed by atoms with Crippen molar-refractivity contribution in [3.05, 3.63) is 62.8 Å². The van der Waals surface area contributed by atoms with Gasteiger partial charge in [-0.1, -0.05) is 35.9 Å². The summed E-state index contributed by atoms with van der Waals surface area (Å²) < 4.78 is 0. The van der Waals surface area contributed by atoms with Gasteiger partial charge < -0.3 is 10.2 Å². The summed E-state index contributed by atoms with van der Waals surface area (Å²) in [5, 5.41) is 5.99. The molecular weight excluding hydrogens is 438 g/mol. The Morgan fingerprint density at radius 3 is 2.56 bits per heavy atom. The van der Waals surface area contributed by atoms with Gasteiger partial charge in [0, 0.05) is 36.5 Å². The van der Waals surface area contributed by atoms with Crippen molar-refractivity contribution < 1.29 is 9.59 Å². The Labute approximate surface area is 197 Å². The zero-order valence-electron chi connectivity index (χ0n) is 18.6. The van der Waals surface area contributed by atoms with E-state index in [0.29, 0.717) is 32.0 Å². The van der Waals surface area contributed by atoms with Crippen molar-refractivity contribution in [3.63, 3.8) is 0 Å². The normalized spacial score (nSPS) is 14.5. The standard InChI is InChI=1S/C25H29N3O2S2/c1-17-5-7-20(8-6-17)24-27-18(2)23(32-24)25(30)28-13-10-19(11-14-28)16-22(29)26-12-9-21-4-3-15-31-21/h3-8,15,19H,9-14,16H2,1-2H3,(H,26,29). The Hall–Kier alpha value is -2.51. The average Bonchev–Trinajstić information content (AvgIpc) is 3.44. The second kappa shape index (κ2) is 10.4. The molecule has 4 rings (SSSR count). The molecule has 0 atom stereocenters. The summed E-state index contributed by atoms with van der Waals surface area (Å²) in [5.41, 5.74) is 3.05. The molecule has 1 fully saturated rings. The lowest BCUT2D eigenvalue weighted by molar-refractivity contribution is -0.122. The van der Waals surface area contributed by atoms with Gasteiger partial charge in [0.1, 0.15) is 9.88 Å². The lowest BCUT2D eigenvalue weighted by atomic mass is 9.93. The van der Waals surface area contributed by atoms with Crippen molar-refractivity contribution in [2.75, 3.05) is 19.6 Å². The van der Waals surface area contributed by atoms with E-state index in [2.05, 4.69) is 52.9 Å². The van der Waals surface area contributed by atoms with Crippen LogP contribution in [0.1, 0.15) is 45.1 Å². The number of aromatic nitrogens is 1. The number of nitrogens with zero attached hydrogens (tertiary/aromatic N) is 2. The highest BCUT2D eigenvalue weighted by atomic mass is 32.1. The molecule has 0 aliphatic carbocycles. The number of aryl methyl sites for hydroxylation is 2. The largest absolute Gasteiger partial charge is 0.356 e. The minimum Gasteiger partial charge on any atom is -0.356 e. The van der Waals surface area contributed by atoms with Gasteiger partial charge >= 0.3 is 0 Å². The topological polar surface area (TPSA) is 62.3 Å². The Kier molecular flexibility index (Phi) is 7.37. The minimum atomic E-state index is 0.0669. The predicted octanol–water partition coefficient (Wildman–Crippen LogP) is 5.09. The van der Waals surface area contributed by atoms with E-state index in [9.17, 15) is 9.59 Å². The molecule has 0 radical (unpaired) electrons. The number of piperidine rings is 1. The van der Waals surface area contributed by atoms with Crippen LogP contribution in [0.3, 0.4) is 0 Å². The van der Waals surface area contributed by atoms with E-state index in [1.807, 2.05) is 17.9 Å². The molecule has 1 N–H and O–H groups in total. The van der Waals surface area contributed by atoms with E-state index in [1.165, 1.54) is 21.8 Å². The number of thiazole rings is 1. The summed E-state index contributed by atoms with van der Waals surface area (Å²) in [6, 6.07) is 12.4. The van der Waals surface area contributed by atoms with Crippen LogP contribution in [0.4, 0.5) is 0 Å². The zero-order valence-corrected chi connectivity index (χ0v) is 20.2. The van der Waals surface area contributed by atoms with E-state index in [-0.39, 0.29) is 11.8 Å². The Bertz CT molecular complexity index is 1050. The summed E-state index contributed by atoms with van der Waals surface area (Å²) in [4.78, 5) is 34.0. The molecule has 1 aliphatic rings. The van der Waals surface area contributed by atoms with Gasteiger partial charge in [-0.05, 0) is 50.5 Å². The van der Waals surface area contributed by atoms with Crippen LogP contribution in [0.15, 0.2) is 41.8 Å². The van der Waals surface area contributed by atoms with Gasteiger partial charge in [0.15, 0.2) is 0 Å². The van der Waals surface area contributed by atoms with Crippen LogP contribution >= 0.6 is 22.7 Å². The fourth-order valence-electron chi connectivity index (χ4n) is 4.01. The Morgan fingerprint density at radius 2 is 1.88 bits per heavy atom. The molecule has 0 spiro atoms. The van der Waals surface area contributed by atoms with Gasteiger partial charge in [0.25, 0.3) is 5.91 Å². The summed E-state index contributed by atoms with van der Waals surface area (Å²) in [6.07, 6.45) is 3.16. The number of carbonyl (C=O) groups excluding carboxylic acids is 2. The first kappa shape index (κ1) is 22.7. The first-order chi connectivity index (χ1) is 15.5. The SMILES string of the molecule is Cc1ccc(-c2nc(C)c(C(=O)N3CCC(CC(=O)NCCc4cccs4)CC3)s2)cc1. The minimum absolute atomic E-state index is 0.0669. The van der Waals surface area contributed by atoms with Crippen molar-refractivity contribution in [2.45, 2.75) is 39.5 Å². The molecule has 7 heteroatoms. The quantitative estimate of drug-likeness (QED) is 0.526. The smallest absolute Gasteiger partial charge is 0.265 e. The summed E-state index contributed by atoms with van der Waals surface area (Å²) in [6.45, 7) is 6.05. The monoisotopic (exact) mass is 467 g/mol. The average molecular weight is 468 g/mol. The molecule has 5 nitrogen and oxygen atoms in total. The van der Waals surface area contributed by atoms with Crippen LogP contribution in [-0.2, 0) is 11.2 Å². The molecule has 1 aliphatic heterocycles. The van der Waals surface area contributed by atoms with Crippen LogP contribution in [0.25, 0.3) is 10.6 Å². The lowest BCUT2D eigenvalue weighted by Gasteiger charge is -2.31. The van der Waals surface area contributed by atoms with Crippen LogP contribution in [0.5, 0.6) is 0 Å². The maximum absolute atomic E-state index is 13.1. The number of hydrogen-bond acceptors (Lipinski definition) is 5. The maximum Gasteiger partial charge on any atom is 0.265 e. The van der Waals surface area contributed by atoms with Crippen molar-refractivity contribution >= 4 is 34.5 Å². The van der Waals surface area contributed by atoms with E-state index >= 15 is 0 Å². The molecule has 1 saturated heterocycles. The van der Waals surface area contributed by atoms with Crippen LogP contribution < -0.4 is 5.32 Å². The van der Waals surface area contributed by atoms with Crippen LogP contribution in [0.2, 0.25) is 0 Å². The third-order valence-electron chi connectivity index (χ3n) is 5.94. The number of carbonyl (C=O) groups is 2. The second-order valence-electron chi connectivity index (χ2n) is 8.42. The fourth-order valence-corrected chi connectivity index (χ4v) is 5.76. The highest BCUT2D eigenvalue weighted by Gasteiger charge is 2.27. The highest BCUT2D eigenvalue weighted by Crippen LogP contribution is 2.30. The van der Waals surface area contributed by atoms with E-state index in [4.69, 9.17) is 0 Å². The van der Waals surface area contributed by atoms with Gasteiger partial charge in [-0.25, -0.2) is 4.98 Å². The summed E-state index contributed by atoms with van der Waals surface area (Å²) in [5.74, 6) is 0.524. The Morgan fingerprint density at radius 1 is 1.12 bits per heavy atom. The molecule has 1 aromatic carbocycles. The number of rotatable bonds is 7. The van der Waals surface area contributed by atoms with Crippen LogP contribution in [0, 0.1) is 19.8 Å². The summed E-state index contributed by atoms with van der Waals surface area (Å²) >= 11 is 3.19. The van der Waals surface area contributed by atoms with E-state index in [1.54, 1.807) is 11.3 Å². The van der Waals surface area contributed by atoms with Crippen LogP contribution in [-0.4, -0.2) is 41.3 Å².